The van der Waals surface area contributed by atoms with Gasteiger partial charge in [0.2, 0.25) is 5.95 Å². The van der Waals surface area contributed by atoms with Gasteiger partial charge in [-0.15, -0.1) is 0 Å². The molecule has 4 nitrogen and oxygen atoms in total. The van der Waals surface area contributed by atoms with Gasteiger partial charge in [0.25, 0.3) is 0 Å². The maximum atomic E-state index is 5.62. The summed E-state index contributed by atoms with van der Waals surface area (Å²) in [7, 11) is 0. The number of thiocarbonyl (C=S) groups is 1. The first-order chi connectivity index (χ1) is 7.95. The van der Waals surface area contributed by atoms with Gasteiger partial charge in [-0.3, -0.25) is 0 Å². The molecule has 0 fully saturated rings. The monoisotopic (exact) mass is 252 g/mol. The summed E-state index contributed by atoms with van der Waals surface area (Å²) in [5.41, 5.74) is 7.16. The molecule has 2 N–H and O–H groups in total. The van der Waals surface area contributed by atoms with Gasteiger partial charge >= 0.3 is 0 Å². The van der Waals surface area contributed by atoms with Gasteiger partial charge in [0.1, 0.15) is 10.7 Å². The second-order valence-corrected chi connectivity index (χ2v) is 4.79. The van der Waals surface area contributed by atoms with Crippen molar-refractivity contribution in [1.29, 1.82) is 0 Å². The fourth-order valence-electron chi connectivity index (χ4n) is 1.64. The SMILES string of the molecule is CCCN(c1nc(C)cc(C(N)=S)n1)C(C)C. The Hall–Kier alpha value is -1.23. The number of rotatable bonds is 5. The number of hydrogen-bond acceptors (Lipinski definition) is 4. The summed E-state index contributed by atoms with van der Waals surface area (Å²) >= 11 is 4.97. The zero-order valence-corrected chi connectivity index (χ0v) is 11.7. The predicted molar refractivity (Wildman–Crippen MR) is 75.4 cm³/mol. The van der Waals surface area contributed by atoms with E-state index in [2.05, 4.69) is 35.6 Å². The van der Waals surface area contributed by atoms with Crippen LogP contribution in [0.25, 0.3) is 0 Å². The number of nitrogens with two attached hydrogens (primary N) is 1. The molecule has 0 aliphatic rings. The maximum absolute atomic E-state index is 5.62. The van der Waals surface area contributed by atoms with Gasteiger partial charge in [-0.05, 0) is 33.3 Å². The van der Waals surface area contributed by atoms with Crippen molar-refractivity contribution in [2.75, 3.05) is 11.4 Å². The van der Waals surface area contributed by atoms with Crippen LogP contribution >= 0.6 is 12.2 Å². The van der Waals surface area contributed by atoms with E-state index < -0.39 is 0 Å². The van der Waals surface area contributed by atoms with Crippen LogP contribution in [0.3, 0.4) is 0 Å². The van der Waals surface area contributed by atoms with E-state index in [-0.39, 0.29) is 0 Å². The molecule has 0 aromatic carbocycles. The molecule has 0 atom stereocenters. The van der Waals surface area contributed by atoms with E-state index in [0.717, 1.165) is 18.7 Å². The van der Waals surface area contributed by atoms with Crippen LogP contribution in [0.1, 0.15) is 38.6 Å². The van der Waals surface area contributed by atoms with Crippen molar-refractivity contribution in [2.24, 2.45) is 5.73 Å². The number of aromatic nitrogens is 2. The highest BCUT2D eigenvalue weighted by Gasteiger charge is 2.14. The van der Waals surface area contributed by atoms with E-state index in [1.807, 2.05) is 13.0 Å². The number of aryl methyl sites for hydroxylation is 1. The van der Waals surface area contributed by atoms with Crippen LogP contribution < -0.4 is 10.6 Å². The normalized spacial score (nSPS) is 10.6. The lowest BCUT2D eigenvalue weighted by atomic mass is 10.3. The van der Waals surface area contributed by atoms with Crippen molar-refractivity contribution in [2.45, 2.75) is 40.2 Å². The first-order valence-corrected chi connectivity index (χ1v) is 6.28. The van der Waals surface area contributed by atoms with Crippen LogP contribution in [-0.2, 0) is 0 Å². The molecule has 1 aromatic heterocycles. The van der Waals surface area contributed by atoms with Gasteiger partial charge < -0.3 is 10.6 Å². The third-order valence-electron chi connectivity index (χ3n) is 2.44. The van der Waals surface area contributed by atoms with Crippen LogP contribution in [0.15, 0.2) is 6.07 Å². The molecule has 94 valence electrons. The second kappa shape index (κ2) is 5.91. The Labute approximate surface area is 108 Å². The highest BCUT2D eigenvalue weighted by Crippen LogP contribution is 2.14. The average Bonchev–Trinajstić information content (AvgIpc) is 2.24. The Morgan fingerprint density at radius 3 is 2.59 bits per heavy atom. The molecule has 0 radical (unpaired) electrons. The van der Waals surface area contributed by atoms with Gasteiger partial charge in [0.15, 0.2) is 0 Å². The lowest BCUT2D eigenvalue weighted by molar-refractivity contribution is 0.649. The zero-order valence-electron chi connectivity index (χ0n) is 10.9. The molecule has 1 rings (SSSR count). The Bertz CT molecular complexity index is 403. The molecule has 0 aliphatic heterocycles. The lowest BCUT2D eigenvalue weighted by Crippen LogP contribution is -2.33. The minimum atomic E-state index is 0.317. The molecule has 1 heterocycles. The third kappa shape index (κ3) is 3.63. The largest absolute Gasteiger partial charge is 0.388 e. The van der Waals surface area contributed by atoms with Crippen LogP contribution in [0.5, 0.6) is 0 Å². The molecule has 0 amide bonds. The van der Waals surface area contributed by atoms with Crippen LogP contribution in [-0.4, -0.2) is 27.5 Å². The highest BCUT2D eigenvalue weighted by molar-refractivity contribution is 7.80. The molecular formula is C12H20N4S. The molecule has 0 bridgehead atoms. The quantitative estimate of drug-likeness (QED) is 0.813. The minimum absolute atomic E-state index is 0.317. The Balaban J connectivity index is 3.14. The highest BCUT2D eigenvalue weighted by atomic mass is 32.1. The van der Waals surface area contributed by atoms with E-state index in [1.54, 1.807) is 0 Å². The fraction of sp³-hybridized carbons (Fsp3) is 0.583. The first-order valence-electron chi connectivity index (χ1n) is 5.87. The summed E-state index contributed by atoms with van der Waals surface area (Å²) < 4.78 is 0. The van der Waals surface area contributed by atoms with Crippen molar-refractivity contribution < 1.29 is 0 Å². The van der Waals surface area contributed by atoms with E-state index in [9.17, 15) is 0 Å². The van der Waals surface area contributed by atoms with Gasteiger partial charge in [-0.25, -0.2) is 9.97 Å². The Kier molecular flexibility index (Phi) is 4.81. The van der Waals surface area contributed by atoms with E-state index in [1.165, 1.54) is 0 Å². The van der Waals surface area contributed by atoms with Crippen molar-refractivity contribution in [3.05, 3.63) is 17.5 Å². The Morgan fingerprint density at radius 1 is 1.47 bits per heavy atom. The van der Waals surface area contributed by atoms with E-state index in [4.69, 9.17) is 18.0 Å². The summed E-state index contributed by atoms with van der Waals surface area (Å²) in [6, 6.07) is 2.17. The summed E-state index contributed by atoms with van der Waals surface area (Å²) in [5, 5.41) is 0. The molecule has 0 unspecified atom stereocenters. The first kappa shape index (κ1) is 13.8. The Morgan fingerprint density at radius 2 is 2.12 bits per heavy atom. The molecule has 5 heteroatoms. The standard InChI is InChI=1S/C12H20N4S/c1-5-6-16(8(2)3)12-14-9(4)7-10(15-12)11(13)17/h7-8H,5-6H2,1-4H3,(H2,13,17). The van der Waals surface area contributed by atoms with Gasteiger partial charge in [0.05, 0.1) is 0 Å². The maximum Gasteiger partial charge on any atom is 0.226 e. The van der Waals surface area contributed by atoms with Gasteiger partial charge in [-0.1, -0.05) is 19.1 Å². The third-order valence-corrected chi connectivity index (χ3v) is 2.65. The van der Waals surface area contributed by atoms with E-state index >= 15 is 0 Å². The summed E-state index contributed by atoms with van der Waals surface area (Å²) in [5.74, 6) is 0.713. The fourth-order valence-corrected chi connectivity index (χ4v) is 1.74. The summed E-state index contributed by atoms with van der Waals surface area (Å²) in [4.78, 5) is 11.4. The average molecular weight is 252 g/mol. The zero-order chi connectivity index (χ0) is 13.0. The van der Waals surface area contributed by atoms with Crippen molar-refractivity contribution in [1.82, 2.24) is 9.97 Å². The van der Waals surface area contributed by atoms with Crippen molar-refractivity contribution in [3.8, 4) is 0 Å². The number of nitrogens with zero attached hydrogens (tertiary/aromatic N) is 3. The van der Waals surface area contributed by atoms with Crippen LogP contribution in [0.2, 0.25) is 0 Å². The topological polar surface area (TPSA) is 55.0 Å². The van der Waals surface area contributed by atoms with Crippen LogP contribution in [0, 0.1) is 6.92 Å². The lowest BCUT2D eigenvalue weighted by Gasteiger charge is -2.26. The molecule has 0 saturated carbocycles. The summed E-state index contributed by atoms with van der Waals surface area (Å²) in [6.07, 6.45) is 1.05. The molecule has 1 aromatic rings. The van der Waals surface area contributed by atoms with Gasteiger partial charge in [-0.2, -0.15) is 0 Å². The molecule has 0 saturated heterocycles. The van der Waals surface area contributed by atoms with Crippen LogP contribution in [0.4, 0.5) is 5.95 Å². The molecule has 17 heavy (non-hydrogen) atoms. The summed E-state index contributed by atoms with van der Waals surface area (Å²) in [6.45, 7) is 9.25. The van der Waals surface area contributed by atoms with E-state index in [0.29, 0.717) is 22.7 Å². The van der Waals surface area contributed by atoms with Crippen molar-refractivity contribution in [3.63, 3.8) is 0 Å². The second-order valence-electron chi connectivity index (χ2n) is 4.35. The van der Waals surface area contributed by atoms with Crippen molar-refractivity contribution >= 4 is 23.2 Å². The smallest absolute Gasteiger partial charge is 0.226 e. The predicted octanol–water partition coefficient (Wildman–Crippen LogP) is 2.04. The molecular weight excluding hydrogens is 232 g/mol. The number of hydrogen-bond donors (Lipinski definition) is 1. The molecule has 0 spiro atoms. The molecule has 0 aliphatic carbocycles. The number of anilines is 1. The minimum Gasteiger partial charge on any atom is -0.388 e. The van der Waals surface area contributed by atoms with Gasteiger partial charge in [0, 0.05) is 18.3 Å².